The molecule has 0 aromatic rings. The SMILES string of the molecule is N#CCCN(C1CC1)C1CCOC1=O. The maximum absolute atomic E-state index is 11.4. The molecule has 0 bridgehead atoms. The van der Waals surface area contributed by atoms with Crippen LogP contribution in [0.1, 0.15) is 25.7 Å². The van der Waals surface area contributed by atoms with Gasteiger partial charge in [-0.2, -0.15) is 5.26 Å². The first kappa shape index (κ1) is 9.47. The van der Waals surface area contributed by atoms with Gasteiger partial charge in [0.05, 0.1) is 12.7 Å². The van der Waals surface area contributed by atoms with Crippen LogP contribution in [0.5, 0.6) is 0 Å². The van der Waals surface area contributed by atoms with Crippen molar-refractivity contribution in [2.45, 2.75) is 37.8 Å². The van der Waals surface area contributed by atoms with Crippen molar-refractivity contribution in [3.8, 4) is 6.07 Å². The Kier molecular flexibility index (Phi) is 2.69. The predicted octanol–water partition coefficient (Wildman–Crippen LogP) is 0.680. The van der Waals surface area contributed by atoms with Crippen molar-refractivity contribution in [2.75, 3.05) is 13.2 Å². The van der Waals surface area contributed by atoms with Crippen LogP contribution in [0, 0.1) is 11.3 Å². The minimum atomic E-state index is -0.102. The monoisotopic (exact) mass is 194 g/mol. The fourth-order valence-corrected chi connectivity index (χ4v) is 1.96. The van der Waals surface area contributed by atoms with Crippen LogP contribution in [0.2, 0.25) is 0 Å². The molecule has 76 valence electrons. The molecular formula is C10H14N2O2. The van der Waals surface area contributed by atoms with Gasteiger partial charge in [-0.05, 0) is 12.8 Å². The highest BCUT2D eigenvalue weighted by Crippen LogP contribution is 2.31. The Balaban J connectivity index is 1.95. The lowest BCUT2D eigenvalue weighted by Crippen LogP contribution is -2.40. The topological polar surface area (TPSA) is 53.3 Å². The number of rotatable bonds is 4. The Hall–Kier alpha value is -1.08. The number of hydrogen-bond acceptors (Lipinski definition) is 4. The van der Waals surface area contributed by atoms with Crippen molar-refractivity contribution in [2.24, 2.45) is 0 Å². The minimum Gasteiger partial charge on any atom is -0.464 e. The van der Waals surface area contributed by atoms with Crippen LogP contribution in [0.15, 0.2) is 0 Å². The molecule has 14 heavy (non-hydrogen) atoms. The molecule has 1 atom stereocenters. The van der Waals surface area contributed by atoms with Gasteiger partial charge in [0.15, 0.2) is 0 Å². The Bertz CT molecular complexity index is 268. The zero-order chi connectivity index (χ0) is 9.97. The van der Waals surface area contributed by atoms with E-state index >= 15 is 0 Å². The molecule has 0 amide bonds. The van der Waals surface area contributed by atoms with Gasteiger partial charge in [0.25, 0.3) is 0 Å². The van der Waals surface area contributed by atoms with Crippen LogP contribution >= 0.6 is 0 Å². The molecule has 1 heterocycles. The average Bonchev–Trinajstić information content (AvgIpc) is 2.92. The number of ether oxygens (including phenoxy) is 1. The van der Waals surface area contributed by atoms with Crippen molar-refractivity contribution in [1.29, 1.82) is 5.26 Å². The van der Waals surface area contributed by atoms with E-state index in [1.165, 1.54) is 0 Å². The normalized spacial score (nSPS) is 26.3. The summed E-state index contributed by atoms with van der Waals surface area (Å²) < 4.78 is 4.94. The van der Waals surface area contributed by atoms with E-state index in [-0.39, 0.29) is 12.0 Å². The molecule has 0 N–H and O–H groups in total. The van der Waals surface area contributed by atoms with Gasteiger partial charge in [-0.3, -0.25) is 9.69 Å². The highest BCUT2D eigenvalue weighted by Gasteiger charge is 2.39. The zero-order valence-electron chi connectivity index (χ0n) is 8.11. The summed E-state index contributed by atoms with van der Waals surface area (Å²) in [5.74, 6) is -0.102. The lowest BCUT2D eigenvalue weighted by molar-refractivity contribution is -0.142. The van der Waals surface area contributed by atoms with E-state index < -0.39 is 0 Å². The molecular weight excluding hydrogens is 180 g/mol. The molecule has 1 aliphatic carbocycles. The molecule has 0 aromatic carbocycles. The summed E-state index contributed by atoms with van der Waals surface area (Å²) in [6, 6.07) is 2.58. The van der Waals surface area contributed by atoms with Crippen molar-refractivity contribution >= 4 is 5.97 Å². The van der Waals surface area contributed by atoms with Crippen LogP contribution in [-0.2, 0) is 9.53 Å². The lowest BCUT2D eigenvalue weighted by atomic mass is 10.2. The molecule has 1 saturated carbocycles. The number of nitrogens with zero attached hydrogens (tertiary/aromatic N) is 2. The third-order valence-corrected chi connectivity index (χ3v) is 2.81. The van der Waals surface area contributed by atoms with E-state index in [2.05, 4.69) is 11.0 Å². The maximum Gasteiger partial charge on any atom is 0.323 e. The molecule has 1 unspecified atom stereocenters. The molecule has 0 aromatic heterocycles. The van der Waals surface area contributed by atoms with Gasteiger partial charge in [-0.1, -0.05) is 0 Å². The van der Waals surface area contributed by atoms with Crippen LogP contribution < -0.4 is 0 Å². The van der Waals surface area contributed by atoms with Gasteiger partial charge < -0.3 is 4.74 Å². The van der Waals surface area contributed by atoms with Gasteiger partial charge in [0.2, 0.25) is 0 Å². The lowest BCUT2D eigenvalue weighted by Gasteiger charge is -2.24. The first-order valence-electron chi connectivity index (χ1n) is 5.12. The molecule has 1 aliphatic heterocycles. The van der Waals surface area contributed by atoms with Gasteiger partial charge >= 0.3 is 5.97 Å². The number of nitriles is 1. The Morgan fingerprint density at radius 2 is 2.29 bits per heavy atom. The van der Waals surface area contributed by atoms with Crippen molar-refractivity contribution < 1.29 is 9.53 Å². The molecule has 2 rings (SSSR count). The molecule has 1 saturated heterocycles. The van der Waals surface area contributed by atoms with E-state index in [4.69, 9.17) is 10.00 Å². The fraction of sp³-hybridized carbons (Fsp3) is 0.800. The predicted molar refractivity (Wildman–Crippen MR) is 49.3 cm³/mol. The van der Waals surface area contributed by atoms with E-state index in [1.807, 2.05) is 0 Å². The summed E-state index contributed by atoms with van der Waals surface area (Å²) in [6.07, 6.45) is 3.62. The highest BCUT2D eigenvalue weighted by atomic mass is 16.5. The Labute approximate surface area is 83.4 Å². The average molecular weight is 194 g/mol. The smallest absolute Gasteiger partial charge is 0.323 e. The molecule has 4 nitrogen and oxygen atoms in total. The minimum absolute atomic E-state index is 0.0733. The standard InChI is InChI=1S/C10H14N2O2/c11-5-1-6-12(8-2-3-8)9-4-7-14-10(9)13/h8-9H,1-4,6-7H2. The van der Waals surface area contributed by atoms with E-state index in [9.17, 15) is 4.79 Å². The van der Waals surface area contributed by atoms with E-state index in [1.54, 1.807) is 0 Å². The fourth-order valence-electron chi connectivity index (χ4n) is 1.96. The molecule has 2 fully saturated rings. The quantitative estimate of drug-likeness (QED) is 0.617. The Morgan fingerprint density at radius 1 is 1.50 bits per heavy atom. The number of cyclic esters (lactones) is 1. The third kappa shape index (κ3) is 1.88. The Morgan fingerprint density at radius 3 is 2.79 bits per heavy atom. The highest BCUT2D eigenvalue weighted by molar-refractivity contribution is 5.77. The summed E-state index contributed by atoms with van der Waals surface area (Å²) >= 11 is 0. The van der Waals surface area contributed by atoms with E-state index in [0.29, 0.717) is 25.6 Å². The first-order valence-corrected chi connectivity index (χ1v) is 5.12. The van der Waals surface area contributed by atoms with Gasteiger partial charge in [0, 0.05) is 25.4 Å². The number of carbonyl (C=O) groups excluding carboxylic acids is 1. The van der Waals surface area contributed by atoms with Crippen molar-refractivity contribution in [1.82, 2.24) is 4.90 Å². The molecule has 4 heteroatoms. The van der Waals surface area contributed by atoms with Gasteiger partial charge in [0.1, 0.15) is 6.04 Å². The number of carbonyl (C=O) groups is 1. The second-order valence-corrected chi connectivity index (χ2v) is 3.85. The summed E-state index contributed by atoms with van der Waals surface area (Å²) in [7, 11) is 0. The van der Waals surface area contributed by atoms with E-state index in [0.717, 1.165) is 19.3 Å². The summed E-state index contributed by atoms with van der Waals surface area (Å²) in [5.41, 5.74) is 0. The zero-order valence-corrected chi connectivity index (χ0v) is 8.11. The van der Waals surface area contributed by atoms with Crippen molar-refractivity contribution in [3.05, 3.63) is 0 Å². The summed E-state index contributed by atoms with van der Waals surface area (Å²) in [4.78, 5) is 13.5. The van der Waals surface area contributed by atoms with Crippen LogP contribution in [0.4, 0.5) is 0 Å². The van der Waals surface area contributed by atoms with Crippen LogP contribution in [-0.4, -0.2) is 36.1 Å². The van der Waals surface area contributed by atoms with Crippen molar-refractivity contribution in [3.63, 3.8) is 0 Å². The molecule has 0 spiro atoms. The second kappa shape index (κ2) is 3.97. The summed E-state index contributed by atoms with van der Waals surface area (Å²) in [5, 5.41) is 8.53. The maximum atomic E-state index is 11.4. The molecule has 0 radical (unpaired) electrons. The van der Waals surface area contributed by atoms with Gasteiger partial charge in [-0.15, -0.1) is 0 Å². The van der Waals surface area contributed by atoms with Gasteiger partial charge in [-0.25, -0.2) is 0 Å². The van der Waals surface area contributed by atoms with Crippen LogP contribution in [0.3, 0.4) is 0 Å². The van der Waals surface area contributed by atoms with Crippen LogP contribution in [0.25, 0.3) is 0 Å². The second-order valence-electron chi connectivity index (χ2n) is 3.85. The largest absolute Gasteiger partial charge is 0.464 e. The number of hydrogen-bond donors (Lipinski definition) is 0. The number of esters is 1. The molecule has 2 aliphatic rings. The third-order valence-electron chi connectivity index (χ3n) is 2.81. The summed E-state index contributed by atoms with van der Waals surface area (Å²) in [6.45, 7) is 1.25. The first-order chi connectivity index (χ1) is 6.83.